The quantitative estimate of drug-likeness (QED) is 0.370. The molecule has 2 atom stereocenters. The minimum Gasteiger partial charge on any atom is -0.497 e. The molecule has 1 aliphatic rings. The predicted octanol–water partition coefficient (Wildman–Crippen LogP) is 2.70. The first-order chi connectivity index (χ1) is 18.3. The van der Waals surface area contributed by atoms with E-state index >= 15 is 0 Å². The number of halogens is 1. The summed E-state index contributed by atoms with van der Waals surface area (Å²) in [5, 5.41) is 5.41. The van der Waals surface area contributed by atoms with Crippen LogP contribution in [0.15, 0.2) is 41.2 Å². The minimum absolute atomic E-state index is 0.0156. The van der Waals surface area contributed by atoms with Gasteiger partial charge in [0.15, 0.2) is 17.4 Å². The van der Waals surface area contributed by atoms with Crippen LogP contribution in [0.4, 0.5) is 4.39 Å². The Labute approximate surface area is 218 Å². The van der Waals surface area contributed by atoms with Crippen LogP contribution < -0.4 is 25.7 Å². The molecule has 202 valence electrons. The molecule has 0 spiro atoms. The molecule has 3 aromatic rings. The summed E-state index contributed by atoms with van der Waals surface area (Å²) in [5.74, 6) is -0.852. The van der Waals surface area contributed by atoms with Crippen molar-refractivity contribution in [3.8, 4) is 11.5 Å². The van der Waals surface area contributed by atoms with Gasteiger partial charge in [-0.15, -0.1) is 0 Å². The van der Waals surface area contributed by atoms with E-state index in [4.69, 9.17) is 14.2 Å². The van der Waals surface area contributed by atoms with Crippen LogP contribution in [-0.2, 0) is 16.1 Å². The standard InChI is InChI=1S/C27H31FN4O6/c1-16(33)29-14-20-7-6-17(15-38-20)10-11-37-24-21(28)8-9-22-23(24)26(34)32-25(31-22)27(35)30-13-18-4-3-5-19(12-18)36-2/h3-5,8-9,12,17,20H,6-7,10-11,13-15H2,1-2H3,(H,29,33)(H,30,35)(H,31,32,34). The van der Waals surface area contributed by atoms with Crippen LogP contribution in [0.3, 0.4) is 0 Å². The number of rotatable bonds is 10. The summed E-state index contributed by atoms with van der Waals surface area (Å²) in [5.41, 5.74) is 0.293. The second kappa shape index (κ2) is 12.5. The van der Waals surface area contributed by atoms with E-state index in [0.717, 1.165) is 18.4 Å². The number of fused-ring (bicyclic) bond motifs is 1. The number of amides is 2. The smallest absolute Gasteiger partial charge is 0.287 e. The van der Waals surface area contributed by atoms with Crippen LogP contribution in [-0.4, -0.2) is 54.8 Å². The molecule has 2 amide bonds. The number of carbonyl (C=O) groups is 2. The zero-order chi connectivity index (χ0) is 27.1. The molecular weight excluding hydrogens is 495 g/mol. The lowest BCUT2D eigenvalue weighted by Crippen LogP contribution is -2.36. The van der Waals surface area contributed by atoms with Crippen LogP contribution in [0.2, 0.25) is 0 Å². The molecule has 1 aliphatic heterocycles. The maximum Gasteiger partial charge on any atom is 0.287 e. The Hall–Kier alpha value is -3.99. The van der Waals surface area contributed by atoms with Gasteiger partial charge in [0, 0.05) is 26.6 Å². The Morgan fingerprint density at radius 1 is 1.21 bits per heavy atom. The summed E-state index contributed by atoms with van der Waals surface area (Å²) < 4.78 is 31.3. The van der Waals surface area contributed by atoms with Crippen molar-refractivity contribution < 1.29 is 28.2 Å². The molecular formula is C27H31FN4O6. The lowest BCUT2D eigenvalue weighted by Gasteiger charge is -2.29. The van der Waals surface area contributed by atoms with Gasteiger partial charge in [0.1, 0.15) is 11.1 Å². The molecule has 0 radical (unpaired) electrons. The Morgan fingerprint density at radius 3 is 2.79 bits per heavy atom. The van der Waals surface area contributed by atoms with Crippen LogP contribution in [0.1, 0.15) is 42.4 Å². The van der Waals surface area contributed by atoms with Gasteiger partial charge in [0.2, 0.25) is 5.91 Å². The SMILES string of the molecule is COc1cccc(CNC(=O)c2nc3ccc(F)c(OCCC4CCC(CNC(C)=O)OC4)c3c(=O)[nH]2)c1. The number of aromatic nitrogens is 2. The lowest BCUT2D eigenvalue weighted by molar-refractivity contribution is -0.120. The maximum atomic E-state index is 14.6. The number of carbonyl (C=O) groups excluding carboxylic acids is 2. The highest BCUT2D eigenvalue weighted by molar-refractivity contribution is 5.93. The average molecular weight is 527 g/mol. The van der Waals surface area contributed by atoms with E-state index in [9.17, 15) is 18.8 Å². The Kier molecular flexibility index (Phi) is 8.90. The summed E-state index contributed by atoms with van der Waals surface area (Å²) in [7, 11) is 1.55. The molecule has 2 aromatic carbocycles. The van der Waals surface area contributed by atoms with Gasteiger partial charge in [-0.2, -0.15) is 0 Å². The summed E-state index contributed by atoms with van der Waals surface area (Å²) >= 11 is 0. The molecule has 2 heterocycles. The number of H-pyrrole nitrogens is 1. The topological polar surface area (TPSA) is 132 Å². The lowest BCUT2D eigenvalue weighted by atomic mass is 9.95. The van der Waals surface area contributed by atoms with E-state index in [1.807, 2.05) is 6.07 Å². The first kappa shape index (κ1) is 27.1. The van der Waals surface area contributed by atoms with Crippen molar-refractivity contribution in [3.63, 3.8) is 0 Å². The van der Waals surface area contributed by atoms with Gasteiger partial charge in [-0.25, -0.2) is 9.37 Å². The van der Waals surface area contributed by atoms with Gasteiger partial charge in [0.05, 0.1) is 25.3 Å². The molecule has 1 saturated heterocycles. The third-order valence-electron chi connectivity index (χ3n) is 6.40. The Balaban J connectivity index is 1.38. The van der Waals surface area contributed by atoms with Gasteiger partial charge >= 0.3 is 0 Å². The summed E-state index contributed by atoms with van der Waals surface area (Å²) in [4.78, 5) is 43.2. The van der Waals surface area contributed by atoms with Crippen molar-refractivity contribution in [2.75, 3.05) is 26.9 Å². The highest BCUT2D eigenvalue weighted by Crippen LogP contribution is 2.27. The fraction of sp³-hybridized carbons (Fsp3) is 0.407. The molecule has 0 saturated carbocycles. The molecule has 38 heavy (non-hydrogen) atoms. The molecule has 11 heteroatoms. The molecule has 2 unspecified atom stereocenters. The normalized spacial score (nSPS) is 17.1. The van der Waals surface area contributed by atoms with E-state index in [0.29, 0.717) is 25.3 Å². The molecule has 0 aliphatic carbocycles. The largest absolute Gasteiger partial charge is 0.497 e. The van der Waals surface area contributed by atoms with Gasteiger partial charge in [-0.1, -0.05) is 12.1 Å². The van der Waals surface area contributed by atoms with Crippen molar-refractivity contribution >= 4 is 22.7 Å². The number of ether oxygens (including phenoxy) is 3. The van der Waals surface area contributed by atoms with Crippen LogP contribution >= 0.6 is 0 Å². The van der Waals surface area contributed by atoms with Crippen LogP contribution in [0.5, 0.6) is 11.5 Å². The van der Waals surface area contributed by atoms with Gasteiger partial charge in [-0.05, 0) is 55.0 Å². The van der Waals surface area contributed by atoms with E-state index in [1.54, 1.807) is 25.3 Å². The average Bonchev–Trinajstić information content (AvgIpc) is 2.92. The number of nitrogens with one attached hydrogen (secondary N) is 3. The zero-order valence-electron chi connectivity index (χ0n) is 21.3. The fourth-order valence-electron chi connectivity index (χ4n) is 4.31. The van der Waals surface area contributed by atoms with Crippen molar-refractivity contribution in [2.24, 2.45) is 5.92 Å². The zero-order valence-corrected chi connectivity index (χ0v) is 21.3. The molecule has 4 rings (SSSR count). The van der Waals surface area contributed by atoms with Gasteiger partial charge in [0.25, 0.3) is 11.5 Å². The fourth-order valence-corrected chi connectivity index (χ4v) is 4.31. The predicted molar refractivity (Wildman–Crippen MR) is 138 cm³/mol. The Morgan fingerprint density at radius 2 is 2.05 bits per heavy atom. The number of methoxy groups -OCH3 is 1. The maximum absolute atomic E-state index is 14.6. The number of aromatic amines is 1. The van der Waals surface area contributed by atoms with Crippen LogP contribution in [0.25, 0.3) is 10.9 Å². The van der Waals surface area contributed by atoms with Crippen molar-refractivity contribution in [3.05, 3.63) is 64.0 Å². The highest BCUT2D eigenvalue weighted by Gasteiger charge is 2.23. The second-order valence-corrected chi connectivity index (χ2v) is 9.19. The Bertz CT molecular complexity index is 1350. The van der Waals surface area contributed by atoms with E-state index in [1.165, 1.54) is 19.1 Å². The van der Waals surface area contributed by atoms with E-state index in [2.05, 4.69) is 20.6 Å². The minimum atomic E-state index is -0.685. The van der Waals surface area contributed by atoms with Crippen LogP contribution in [0, 0.1) is 11.7 Å². The third-order valence-corrected chi connectivity index (χ3v) is 6.40. The van der Waals surface area contributed by atoms with E-state index < -0.39 is 17.3 Å². The summed E-state index contributed by atoms with van der Waals surface area (Å²) in [6.07, 6.45) is 2.29. The number of benzene rings is 2. The summed E-state index contributed by atoms with van der Waals surface area (Å²) in [6, 6.07) is 9.72. The molecule has 1 aromatic heterocycles. The first-order valence-corrected chi connectivity index (χ1v) is 12.5. The van der Waals surface area contributed by atoms with Gasteiger partial charge in [-0.3, -0.25) is 14.4 Å². The molecule has 3 N–H and O–H groups in total. The monoisotopic (exact) mass is 526 g/mol. The molecule has 10 nitrogen and oxygen atoms in total. The molecule has 0 bridgehead atoms. The van der Waals surface area contributed by atoms with Crippen molar-refractivity contribution in [1.82, 2.24) is 20.6 Å². The molecule has 1 fully saturated rings. The summed E-state index contributed by atoms with van der Waals surface area (Å²) in [6.45, 7) is 2.85. The third kappa shape index (κ3) is 6.86. The van der Waals surface area contributed by atoms with E-state index in [-0.39, 0.29) is 53.6 Å². The number of nitrogens with zero attached hydrogens (tertiary/aromatic N) is 1. The number of hydrogen-bond donors (Lipinski definition) is 3. The van der Waals surface area contributed by atoms with Gasteiger partial charge < -0.3 is 29.8 Å². The number of hydrogen-bond acceptors (Lipinski definition) is 7. The second-order valence-electron chi connectivity index (χ2n) is 9.19. The highest BCUT2D eigenvalue weighted by atomic mass is 19.1. The van der Waals surface area contributed by atoms with Crippen molar-refractivity contribution in [1.29, 1.82) is 0 Å². The first-order valence-electron chi connectivity index (χ1n) is 12.5. The van der Waals surface area contributed by atoms with Crippen molar-refractivity contribution in [2.45, 2.75) is 38.8 Å².